The molecule has 0 bridgehead atoms. The number of carbonyl (C=O) groups is 1. The van der Waals surface area contributed by atoms with Gasteiger partial charge in [-0.15, -0.1) is 0 Å². The fourth-order valence-electron chi connectivity index (χ4n) is 1.56. The van der Waals surface area contributed by atoms with E-state index in [2.05, 4.69) is 5.32 Å². The van der Waals surface area contributed by atoms with Crippen LogP contribution >= 0.6 is 11.6 Å². The fraction of sp³-hybridized carbons (Fsp3) is 0.364. The Bertz CT molecular complexity index is 361. The summed E-state index contributed by atoms with van der Waals surface area (Å²) in [6, 6.07) is 6.94. The summed E-state index contributed by atoms with van der Waals surface area (Å²) in [6.45, 7) is 1.96. The molecule has 1 aromatic rings. The molecule has 0 aromatic heterocycles. The second-order valence-electron chi connectivity index (χ2n) is 3.44. The van der Waals surface area contributed by atoms with Gasteiger partial charge in [0.2, 0.25) is 0 Å². The largest absolute Gasteiger partial charge is 0.367 e. The average molecular weight is 226 g/mol. The molecule has 0 aliphatic carbocycles. The van der Waals surface area contributed by atoms with Crippen LogP contribution in [0.4, 0.5) is 0 Å². The SMILES string of the molecule is O=C(c1cccc(Cl)c1)C1CNCCO1. The summed E-state index contributed by atoms with van der Waals surface area (Å²) in [6.07, 6.45) is -0.378. The average Bonchev–Trinajstić information content (AvgIpc) is 2.29. The third kappa shape index (κ3) is 2.56. The standard InChI is InChI=1S/C11H12ClNO2/c12-9-3-1-2-8(6-9)11(14)10-7-13-4-5-15-10/h1-3,6,10,13H,4-5,7H2. The fourth-order valence-corrected chi connectivity index (χ4v) is 1.75. The normalized spacial score (nSPS) is 21.3. The summed E-state index contributed by atoms with van der Waals surface area (Å²) >= 11 is 5.82. The van der Waals surface area contributed by atoms with Crippen LogP contribution in [-0.2, 0) is 4.74 Å². The molecule has 1 fully saturated rings. The molecule has 0 saturated carbocycles. The first-order valence-electron chi connectivity index (χ1n) is 4.89. The van der Waals surface area contributed by atoms with Gasteiger partial charge in [-0.2, -0.15) is 0 Å². The minimum absolute atomic E-state index is 0.00954. The number of carbonyl (C=O) groups excluding carboxylic acids is 1. The molecule has 1 heterocycles. The third-order valence-corrected chi connectivity index (χ3v) is 2.56. The Labute approximate surface area is 93.4 Å². The molecule has 80 valence electrons. The van der Waals surface area contributed by atoms with Crippen LogP contribution in [0.25, 0.3) is 0 Å². The van der Waals surface area contributed by atoms with Crippen molar-refractivity contribution < 1.29 is 9.53 Å². The van der Waals surface area contributed by atoms with E-state index in [0.29, 0.717) is 23.7 Å². The summed E-state index contributed by atoms with van der Waals surface area (Å²) in [5.41, 5.74) is 0.608. The van der Waals surface area contributed by atoms with E-state index in [0.717, 1.165) is 6.54 Å². The highest BCUT2D eigenvalue weighted by Crippen LogP contribution is 2.14. The maximum Gasteiger partial charge on any atom is 0.192 e. The molecule has 2 rings (SSSR count). The molecule has 0 radical (unpaired) electrons. The first-order chi connectivity index (χ1) is 7.27. The van der Waals surface area contributed by atoms with Crippen molar-refractivity contribution in [2.45, 2.75) is 6.10 Å². The van der Waals surface area contributed by atoms with Crippen LogP contribution in [0, 0.1) is 0 Å². The zero-order chi connectivity index (χ0) is 10.7. The second kappa shape index (κ2) is 4.75. The van der Waals surface area contributed by atoms with E-state index in [1.165, 1.54) is 0 Å². The van der Waals surface area contributed by atoms with Crippen LogP contribution < -0.4 is 5.32 Å². The predicted molar refractivity (Wildman–Crippen MR) is 58.4 cm³/mol. The number of hydrogen-bond donors (Lipinski definition) is 1. The Morgan fingerprint density at radius 3 is 3.07 bits per heavy atom. The van der Waals surface area contributed by atoms with Gasteiger partial charge in [0.15, 0.2) is 5.78 Å². The summed E-state index contributed by atoms with van der Waals surface area (Å²) in [7, 11) is 0. The zero-order valence-corrected chi connectivity index (χ0v) is 8.96. The molecule has 1 saturated heterocycles. The van der Waals surface area contributed by atoms with E-state index in [4.69, 9.17) is 16.3 Å². The number of ketones is 1. The van der Waals surface area contributed by atoms with E-state index >= 15 is 0 Å². The molecule has 3 nitrogen and oxygen atoms in total. The number of hydrogen-bond acceptors (Lipinski definition) is 3. The van der Waals surface area contributed by atoms with Gasteiger partial charge in [-0.05, 0) is 12.1 Å². The van der Waals surface area contributed by atoms with Crippen LogP contribution in [-0.4, -0.2) is 31.6 Å². The van der Waals surface area contributed by atoms with Gasteiger partial charge in [0.05, 0.1) is 6.61 Å². The molecule has 0 amide bonds. The summed E-state index contributed by atoms with van der Waals surface area (Å²) in [4.78, 5) is 11.9. The predicted octanol–water partition coefficient (Wildman–Crippen LogP) is 1.51. The summed E-state index contributed by atoms with van der Waals surface area (Å²) in [5.74, 6) is -0.00954. The van der Waals surface area contributed by atoms with Crippen molar-refractivity contribution in [2.75, 3.05) is 19.7 Å². The molecular weight excluding hydrogens is 214 g/mol. The van der Waals surface area contributed by atoms with Crippen LogP contribution in [0.1, 0.15) is 10.4 Å². The first-order valence-corrected chi connectivity index (χ1v) is 5.27. The molecular formula is C11H12ClNO2. The molecule has 1 aromatic carbocycles. The van der Waals surface area contributed by atoms with Crippen molar-refractivity contribution in [3.63, 3.8) is 0 Å². The minimum atomic E-state index is -0.378. The Hall–Kier alpha value is -0.900. The quantitative estimate of drug-likeness (QED) is 0.776. The van der Waals surface area contributed by atoms with Crippen molar-refractivity contribution in [2.24, 2.45) is 0 Å². The number of rotatable bonds is 2. The van der Waals surface area contributed by atoms with Gasteiger partial charge >= 0.3 is 0 Å². The lowest BCUT2D eigenvalue weighted by molar-refractivity contribution is 0.0269. The van der Waals surface area contributed by atoms with Gasteiger partial charge in [0, 0.05) is 23.7 Å². The highest BCUT2D eigenvalue weighted by atomic mass is 35.5. The molecule has 1 aliphatic rings. The number of halogens is 1. The molecule has 0 spiro atoms. The van der Waals surface area contributed by atoms with Crippen molar-refractivity contribution in [3.05, 3.63) is 34.9 Å². The molecule has 1 unspecified atom stereocenters. The van der Waals surface area contributed by atoms with E-state index in [1.54, 1.807) is 24.3 Å². The zero-order valence-electron chi connectivity index (χ0n) is 8.20. The van der Waals surface area contributed by atoms with Gasteiger partial charge in [0.1, 0.15) is 6.10 Å². The van der Waals surface area contributed by atoms with Crippen LogP contribution in [0.2, 0.25) is 5.02 Å². The number of ether oxygens (including phenoxy) is 1. The van der Waals surface area contributed by atoms with Crippen molar-refractivity contribution in [3.8, 4) is 0 Å². The van der Waals surface area contributed by atoms with Crippen LogP contribution in [0.3, 0.4) is 0 Å². The van der Waals surface area contributed by atoms with Crippen molar-refractivity contribution in [1.29, 1.82) is 0 Å². The topological polar surface area (TPSA) is 38.3 Å². The number of nitrogens with one attached hydrogen (secondary N) is 1. The lowest BCUT2D eigenvalue weighted by Crippen LogP contribution is -2.43. The molecule has 4 heteroatoms. The van der Waals surface area contributed by atoms with E-state index < -0.39 is 0 Å². The van der Waals surface area contributed by atoms with E-state index in [9.17, 15) is 4.79 Å². The number of morpholine rings is 1. The lowest BCUT2D eigenvalue weighted by Gasteiger charge is -2.22. The molecule has 1 N–H and O–H groups in total. The number of Topliss-reactive ketones (excluding diaryl/α,β-unsaturated/α-hetero) is 1. The molecule has 15 heavy (non-hydrogen) atoms. The monoisotopic (exact) mass is 225 g/mol. The number of benzene rings is 1. The second-order valence-corrected chi connectivity index (χ2v) is 3.87. The lowest BCUT2D eigenvalue weighted by atomic mass is 10.1. The Balaban J connectivity index is 2.12. The van der Waals surface area contributed by atoms with Crippen LogP contribution in [0.15, 0.2) is 24.3 Å². The summed E-state index contributed by atoms with van der Waals surface area (Å²) in [5, 5.41) is 3.70. The van der Waals surface area contributed by atoms with Gasteiger partial charge in [-0.1, -0.05) is 23.7 Å². The highest BCUT2D eigenvalue weighted by Gasteiger charge is 2.22. The van der Waals surface area contributed by atoms with Crippen molar-refractivity contribution in [1.82, 2.24) is 5.32 Å². The molecule has 1 aliphatic heterocycles. The van der Waals surface area contributed by atoms with Gasteiger partial charge < -0.3 is 10.1 Å². The van der Waals surface area contributed by atoms with E-state index in [-0.39, 0.29) is 11.9 Å². The van der Waals surface area contributed by atoms with Gasteiger partial charge in [-0.3, -0.25) is 4.79 Å². The van der Waals surface area contributed by atoms with Gasteiger partial charge in [0.25, 0.3) is 0 Å². The van der Waals surface area contributed by atoms with Crippen LogP contribution in [0.5, 0.6) is 0 Å². The Morgan fingerprint density at radius 2 is 2.40 bits per heavy atom. The third-order valence-electron chi connectivity index (χ3n) is 2.33. The van der Waals surface area contributed by atoms with Crippen molar-refractivity contribution >= 4 is 17.4 Å². The van der Waals surface area contributed by atoms with Gasteiger partial charge in [-0.25, -0.2) is 0 Å². The highest BCUT2D eigenvalue weighted by molar-refractivity contribution is 6.31. The Morgan fingerprint density at radius 1 is 1.53 bits per heavy atom. The maximum absolute atomic E-state index is 11.9. The summed E-state index contributed by atoms with van der Waals surface area (Å²) < 4.78 is 5.38. The molecule has 1 atom stereocenters. The smallest absolute Gasteiger partial charge is 0.192 e. The minimum Gasteiger partial charge on any atom is -0.367 e. The Kier molecular flexibility index (Phi) is 3.36. The maximum atomic E-state index is 11.9. The van der Waals surface area contributed by atoms with E-state index in [1.807, 2.05) is 0 Å². The first kappa shape index (κ1) is 10.6.